The van der Waals surface area contributed by atoms with Gasteiger partial charge in [0.15, 0.2) is 5.78 Å². The molecule has 0 rings (SSSR count). The van der Waals surface area contributed by atoms with Crippen LogP contribution in [0.4, 0.5) is 0 Å². The highest BCUT2D eigenvalue weighted by Gasteiger charge is 2.22. The zero-order valence-electron chi connectivity index (χ0n) is 8.71. The monoisotopic (exact) mass is 196 g/mol. The van der Waals surface area contributed by atoms with Gasteiger partial charge in [0.05, 0.1) is 6.61 Å². The quantitative estimate of drug-likeness (QED) is 0.481. The van der Waals surface area contributed by atoms with Crippen LogP contribution in [0.5, 0.6) is 0 Å². The first kappa shape index (κ1) is 12.6. The minimum absolute atomic E-state index is 0.0512. The predicted molar refractivity (Wildman–Crippen MR) is 54.8 cm³/mol. The number of carbonyl (C=O) groups excluding carboxylic acids is 2. The second-order valence-electron chi connectivity index (χ2n) is 3.82. The molecule has 3 heteroatoms. The molecule has 0 radical (unpaired) electrons. The van der Waals surface area contributed by atoms with Gasteiger partial charge in [-0.1, -0.05) is 27.0 Å². The summed E-state index contributed by atoms with van der Waals surface area (Å²) in [6, 6.07) is 0. The van der Waals surface area contributed by atoms with Gasteiger partial charge in [-0.2, -0.15) is 0 Å². The van der Waals surface area contributed by atoms with E-state index in [-0.39, 0.29) is 17.8 Å². The van der Waals surface area contributed by atoms with E-state index in [0.717, 1.165) is 6.08 Å². The molecule has 78 valence electrons. The summed E-state index contributed by atoms with van der Waals surface area (Å²) in [6.45, 7) is 10.6. The molecule has 0 aromatic rings. The fourth-order valence-corrected chi connectivity index (χ4v) is 0.920. The van der Waals surface area contributed by atoms with Crippen molar-refractivity contribution < 1.29 is 14.3 Å². The summed E-state index contributed by atoms with van der Waals surface area (Å²) in [5, 5.41) is 0. The first-order valence-corrected chi connectivity index (χ1v) is 4.36. The molecule has 0 aliphatic carbocycles. The number of hydrogen-bond donors (Lipinski definition) is 0. The van der Waals surface area contributed by atoms with Crippen molar-refractivity contribution in [2.24, 2.45) is 5.41 Å². The van der Waals surface area contributed by atoms with Crippen LogP contribution in [0.25, 0.3) is 0 Å². The molecular weight excluding hydrogens is 180 g/mol. The highest BCUT2D eigenvalue weighted by atomic mass is 16.5. The summed E-state index contributed by atoms with van der Waals surface area (Å²) < 4.78 is 4.86. The molecule has 0 saturated heterocycles. The van der Waals surface area contributed by atoms with Crippen LogP contribution in [-0.4, -0.2) is 18.4 Å². The third kappa shape index (κ3) is 5.30. The van der Waals surface area contributed by atoms with Gasteiger partial charge < -0.3 is 4.74 Å². The van der Waals surface area contributed by atoms with Crippen molar-refractivity contribution in [3.63, 3.8) is 0 Å². The van der Waals surface area contributed by atoms with Gasteiger partial charge in [-0.25, -0.2) is 4.79 Å². The topological polar surface area (TPSA) is 43.4 Å². The Labute approximate surface area is 84.4 Å². The Morgan fingerprint density at radius 3 is 2.29 bits per heavy atom. The van der Waals surface area contributed by atoms with E-state index in [1.807, 2.05) is 13.8 Å². The zero-order valence-corrected chi connectivity index (χ0v) is 8.71. The van der Waals surface area contributed by atoms with Gasteiger partial charge in [-0.05, 0) is 6.08 Å². The molecule has 0 saturated carbocycles. The lowest BCUT2D eigenvalue weighted by molar-refractivity contribution is -0.141. The molecule has 0 N–H and O–H groups in total. The summed E-state index contributed by atoms with van der Waals surface area (Å²) >= 11 is 0. The summed E-state index contributed by atoms with van der Waals surface area (Å²) in [5.74, 6) is -0.520. The molecule has 0 aromatic carbocycles. The number of allylic oxidation sites excluding steroid dienone is 1. The smallest absolute Gasteiger partial charge is 0.330 e. The molecule has 0 aliphatic rings. The molecule has 0 aromatic heterocycles. The Bertz CT molecular complexity index is 251. The van der Waals surface area contributed by atoms with E-state index in [2.05, 4.69) is 13.2 Å². The minimum Gasteiger partial charge on any atom is -0.462 e. The number of rotatable bonds is 6. The van der Waals surface area contributed by atoms with E-state index < -0.39 is 5.97 Å². The highest BCUT2D eigenvalue weighted by molar-refractivity contribution is 5.89. The number of ketones is 1. The van der Waals surface area contributed by atoms with E-state index in [1.165, 1.54) is 6.08 Å². The van der Waals surface area contributed by atoms with Crippen molar-refractivity contribution >= 4 is 11.8 Å². The molecule has 0 atom stereocenters. The van der Waals surface area contributed by atoms with Crippen molar-refractivity contribution in [3.8, 4) is 0 Å². The summed E-state index contributed by atoms with van der Waals surface area (Å²) in [5.41, 5.74) is -0.357. The fraction of sp³-hybridized carbons (Fsp3) is 0.455. The first-order chi connectivity index (χ1) is 6.41. The van der Waals surface area contributed by atoms with Crippen LogP contribution in [0.2, 0.25) is 0 Å². The maximum atomic E-state index is 11.1. The van der Waals surface area contributed by atoms with Crippen LogP contribution < -0.4 is 0 Å². The summed E-state index contributed by atoms with van der Waals surface area (Å²) in [4.78, 5) is 21.8. The minimum atomic E-state index is -0.468. The molecule has 0 spiro atoms. The number of esters is 1. The van der Waals surface area contributed by atoms with Crippen LogP contribution in [0.1, 0.15) is 20.3 Å². The fourth-order valence-electron chi connectivity index (χ4n) is 0.920. The van der Waals surface area contributed by atoms with Crippen LogP contribution in [0, 0.1) is 5.41 Å². The van der Waals surface area contributed by atoms with Crippen molar-refractivity contribution in [3.05, 3.63) is 25.3 Å². The molecule has 0 amide bonds. The lowest BCUT2D eigenvalue weighted by Gasteiger charge is -2.22. The van der Waals surface area contributed by atoms with E-state index in [1.54, 1.807) is 0 Å². The van der Waals surface area contributed by atoms with Crippen LogP contribution >= 0.6 is 0 Å². The Kier molecular flexibility index (Phi) is 4.84. The predicted octanol–water partition coefficient (Wildman–Crippen LogP) is 1.89. The van der Waals surface area contributed by atoms with E-state index >= 15 is 0 Å². The number of hydrogen-bond acceptors (Lipinski definition) is 3. The maximum absolute atomic E-state index is 11.1. The lowest BCUT2D eigenvalue weighted by Crippen LogP contribution is -2.24. The van der Waals surface area contributed by atoms with E-state index in [9.17, 15) is 9.59 Å². The van der Waals surface area contributed by atoms with Gasteiger partial charge in [-0.15, -0.1) is 0 Å². The van der Waals surface area contributed by atoms with Crippen LogP contribution in [-0.2, 0) is 14.3 Å². The van der Waals surface area contributed by atoms with Crippen molar-refractivity contribution in [1.29, 1.82) is 0 Å². The van der Waals surface area contributed by atoms with Crippen LogP contribution in [0.3, 0.4) is 0 Å². The van der Waals surface area contributed by atoms with Gasteiger partial charge in [0.2, 0.25) is 0 Å². The third-order valence-corrected chi connectivity index (χ3v) is 1.65. The Balaban J connectivity index is 4.06. The second-order valence-corrected chi connectivity index (χ2v) is 3.82. The van der Waals surface area contributed by atoms with Gasteiger partial charge in [-0.3, -0.25) is 4.79 Å². The first-order valence-electron chi connectivity index (χ1n) is 4.36. The molecular formula is C11H16O3. The van der Waals surface area contributed by atoms with Crippen molar-refractivity contribution in [1.82, 2.24) is 0 Å². The van der Waals surface area contributed by atoms with Gasteiger partial charge in [0, 0.05) is 17.9 Å². The highest BCUT2D eigenvalue weighted by Crippen LogP contribution is 2.21. The molecule has 0 heterocycles. The molecule has 14 heavy (non-hydrogen) atoms. The molecule has 0 unspecified atom stereocenters. The van der Waals surface area contributed by atoms with Gasteiger partial charge in [0.25, 0.3) is 0 Å². The molecule has 0 aliphatic heterocycles. The maximum Gasteiger partial charge on any atom is 0.330 e. The summed E-state index contributed by atoms with van der Waals surface area (Å²) in [7, 11) is 0. The SMILES string of the molecule is C=CC(=O)CC(C)(C)COC(=O)C=C. The van der Waals surface area contributed by atoms with Crippen LogP contribution in [0.15, 0.2) is 25.3 Å². The molecule has 0 fully saturated rings. The second kappa shape index (κ2) is 5.37. The Hall–Kier alpha value is -1.38. The van der Waals surface area contributed by atoms with Gasteiger partial charge >= 0.3 is 5.97 Å². The average molecular weight is 196 g/mol. The third-order valence-electron chi connectivity index (χ3n) is 1.65. The normalized spacial score (nSPS) is 10.4. The Morgan fingerprint density at radius 1 is 1.29 bits per heavy atom. The molecule has 3 nitrogen and oxygen atoms in total. The van der Waals surface area contributed by atoms with Crippen molar-refractivity contribution in [2.75, 3.05) is 6.61 Å². The summed E-state index contributed by atoms with van der Waals surface area (Å²) in [6.07, 6.45) is 2.70. The largest absolute Gasteiger partial charge is 0.462 e. The van der Waals surface area contributed by atoms with E-state index in [0.29, 0.717) is 6.42 Å². The standard InChI is InChI=1S/C11H16O3/c1-5-9(12)7-11(3,4)8-14-10(13)6-2/h5-6H,1-2,7-8H2,3-4H3. The van der Waals surface area contributed by atoms with Crippen molar-refractivity contribution in [2.45, 2.75) is 20.3 Å². The van der Waals surface area contributed by atoms with E-state index in [4.69, 9.17) is 4.74 Å². The number of ether oxygens (including phenoxy) is 1. The molecule has 0 bridgehead atoms. The lowest BCUT2D eigenvalue weighted by atomic mass is 9.88. The Morgan fingerprint density at radius 2 is 1.86 bits per heavy atom. The number of carbonyl (C=O) groups is 2. The van der Waals surface area contributed by atoms with Gasteiger partial charge in [0.1, 0.15) is 0 Å². The average Bonchev–Trinajstić information content (AvgIpc) is 2.13. The zero-order chi connectivity index (χ0) is 11.2.